The van der Waals surface area contributed by atoms with Crippen molar-refractivity contribution < 1.29 is 9.31 Å². The van der Waals surface area contributed by atoms with Gasteiger partial charge < -0.3 is 15.0 Å². The summed E-state index contributed by atoms with van der Waals surface area (Å²) in [5, 5.41) is 0.530. The van der Waals surface area contributed by atoms with E-state index >= 15 is 0 Å². The van der Waals surface area contributed by atoms with Gasteiger partial charge in [-0.15, -0.1) is 0 Å². The van der Waals surface area contributed by atoms with Crippen molar-refractivity contribution in [3.8, 4) is 0 Å². The van der Waals surface area contributed by atoms with Gasteiger partial charge in [-0.3, -0.25) is 0 Å². The minimum atomic E-state index is -0.527. The summed E-state index contributed by atoms with van der Waals surface area (Å²) in [5.74, 6) is 0.363. The zero-order valence-electron chi connectivity index (χ0n) is 10.5. The topological polar surface area (TPSA) is 57.4 Å². The van der Waals surface area contributed by atoms with Crippen LogP contribution in [0.2, 0.25) is 5.02 Å². The van der Waals surface area contributed by atoms with Crippen LogP contribution >= 0.6 is 11.6 Å². The molecule has 1 saturated heterocycles. The van der Waals surface area contributed by atoms with Gasteiger partial charge in [0.2, 0.25) is 0 Å². The lowest BCUT2D eigenvalue weighted by atomic mass is 9.84. The smallest absolute Gasteiger partial charge is 0.398 e. The second-order valence-corrected chi connectivity index (χ2v) is 5.66. The molecule has 0 aliphatic carbocycles. The third-order valence-electron chi connectivity index (χ3n) is 3.32. The molecule has 0 aromatic carbocycles. The number of aromatic nitrogens is 1. The van der Waals surface area contributed by atoms with E-state index in [2.05, 4.69) is 4.98 Å². The zero-order chi connectivity index (χ0) is 12.8. The summed E-state index contributed by atoms with van der Waals surface area (Å²) >= 11 is 5.94. The first-order chi connectivity index (χ1) is 7.71. The second kappa shape index (κ2) is 3.87. The number of hydrogen-bond acceptors (Lipinski definition) is 4. The van der Waals surface area contributed by atoms with Gasteiger partial charge in [0.1, 0.15) is 5.82 Å². The second-order valence-electron chi connectivity index (χ2n) is 5.22. The van der Waals surface area contributed by atoms with Crippen molar-refractivity contribution in [2.24, 2.45) is 0 Å². The van der Waals surface area contributed by atoms with Crippen molar-refractivity contribution in [1.82, 2.24) is 4.98 Å². The Morgan fingerprint density at radius 2 is 1.71 bits per heavy atom. The van der Waals surface area contributed by atoms with E-state index < -0.39 is 18.3 Å². The van der Waals surface area contributed by atoms with E-state index in [9.17, 15) is 0 Å². The van der Waals surface area contributed by atoms with Crippen molar-refractivity contribution in [3.63, 3.8) is 0 Å². The Bertz CT molecular complexity index is 415. The molecule has 0 unspecified atom stereocenters. The summed E-state index contributed by atoms with van der Waals surface area (Å²) < 4.78 is 11.7. The average Bonchev–Trinajstić information content (AvgIpc) is 2.34. The molecule has 0 saturated carbocycles. The van der Waals surface area contributed by atoms with Crippen molar-refractivity contribution in [1.29, 1.82) is 0 Å². The maximum absolute atomic E-state index is 5.94. The Morgan fingerprint density at radius 3 is 2.18 bits per heavy atom. The minimum absolute atomic E-state index is 0.363. The number of pyridine rings is 1. The van der Waals surface area contributed by atoms with Crippen LogP contribution in [0, 0.1) is 0 Å². The van der Waals surface area contributed by atoms with E-state index in [1.165, 1.54) is 0 Å². The van der Waals surface area contributed by atoms with Crippen LogP contribution < -0.4 is 11.3 Å². The summed E-state index contributed by atoms with van der Waals surface area (Å²) in [6.07, 6.45) is 0. The molecule has 0 spiro atoms. The predicted octanol–water partition coefficient (Wildman–Crippen LogP) is 1.62. The highest BCUT2D eigenvalue weighted by Gasteiger charge is 2.52. The summed E-state index contributed by atoms with van der Waals surface area (Å²) in [5.41, 5.74) is 5.48. The molecule has 1 aliphatic rings. The number of hydrogen-bond donors (Lipinski definition) is 1. The number of rotatable bonds is 1. The van der Waals surface area contributed by atoms with Gasteiger partial charge in [0, 0.05) is 5.02 Å². The molecule has 0 radical (unpaired) electrons. The molecule has 0 amide bonds. The van der Waals surface area contributed by atoms with E-state index in [-0.39, 0.29) is 0 Å². The zero-order valence-corrected chi connectivity index (χ0v) is 11.2. The molecule has 6 heteroatoms. The van der Waals surface area contributed by atoms with Gasteiger partial charge in [-0.2, -0.15) is 0 Å². The normalized spacial score (nSPS) is 21.8. The molecule has 1 aromatic rings. The van der Waals surface area contributed by atoms with Crippen molar-refractivity contribution in [3.05, 3.63) is 17.2 Å². The molecular weight excluding hydrogens is 238 g/mol. The summed E-state index contributed by atoms with van der Waals surface area (Å²) in [7, 11) is -0.527. The summed E-state index contributed by atoms with van der Waals surface area (Å²) in [6.45, 7) is 7.95. The van der Waals surface area contributed by atoms with Gasteiger partial charge in [-0.05, 0) is 39.8 Å². The molecule has 0 atom stereocenters. The lowest BCUT2D eigenvalue weighted by Crippen LogP contribution is -2.41. The average molecular weight is 255 g/mol. The molecule has 2 heterocycles. The monoisotopic (exact) mass is 254 g/mol. The van der Waals surface area contributed by atoms with Crippen LogP contribution in [-0.4, -0.2) is 23.3 Å². The SMILES string of the molecule is CC1(C)OB(c2cc(Cl)cc(N)n2)OC1(C)C. The van der Waals surface area contributed by atoms with E-state index in [0.717, 1.165) is 0 Å². The number of nitrogens with zero attached hydrogens (tertiary/aromatic N) is 1. The largest absolute Gasteiger partial charge is 0.514 e. The van der Waals surface area contributed by atoms with Crippen LogP contribution in [0.15, 0.2) is 12.1 Å². The van der Waals surface area contributed by atoms with Gasteiger partial charge in [0.15, 0.2) is 0 Å². The number of halogens is 1. The van der Waals surface area contributed by atoms with Crippen LogP contribution in [-0.2, 0) is 9.31 Å². The van der Waals surface area contributed by atoms with Crippen LogP contribution in [0.4, 0.5) is 5.82 Å². The van der Waals surface area contributed by atoms with Crippen molar-refractivity contribution >= 4 is 30.1 Å². The third kappa shape index (κ3) is 2.27. The maximum Gasteiger partial charge on any atom is 0.514 e. The summed E-state index contributed by atoms with van der Waals surface area (Å²) in [6, 6.07) is 3.30. The van der Waals surface area contributed by atoms with Gasteiger partial charge in [-0.1, -0.05) is 11.6 Å². The summed E-state index contributed by atoms with van der Waals surface area (Å²) in [4.78, 5) is 4.19. The standard InChI is InChI=1S/C11H16BClN2O2/c1-10(2)11(3,4)17-12(16-10)8-5-7(13)6-9(14)15-8/h5-6H,1-4H3,(H2,14,15). The minimum Gasteiger partial charge on any atom is -0.398 e. The molecule has 2 N–H and O–H groups in total. The lowest BCUT2D eigenvalue weighted by Gasteiger charge is -2.32. The molecule has 4 nitrogen and oxygen atoms in total. The first-order valence-electron chi connectivity index (χ1n) is 5.50. The van der Waals surface area contributed by atoms with Crippen LogP contribution in [0.3, 0.4) is 0 Å². The molecule has 0 bridgehead atoms. The number of anilines is 1. The first kappa shape index (κ1) is 12.7. The fraction of sp³-hybridized carbons (Fsp3) is 0.545. The van der Waals surface area contributed by atoms with E-state index in [0.29, 0.717) is 16.4 Å². The highest BCUT2D eigenvalue weighted by atomic mass is 35.5. The fourth-order valence-corrected chi connectivity index (χ4v) is 1.85. The maximum atomic E-state index is 5.94. The third-order valence-corrected chi connectivity index (χ3v) is 3.54. The molecule has 1 fully saturated rings. The Morgan fingerprint density at radius 1 is 1.18 bits per heavy atom. The van der Waals surface area contributed by atoms with Crippen molar-refractivity contribution in [2.45, 2.75) is 38.9 Å². The highest BCUT2D eigenvalue weighted by Crippen LogP contribution is 2.36. The van der Waals surface area contributed by atoms with Gasteiger partial charge in [0.25, 0.3) is 0 Å². The van der Waals surface area contributed by atoms with Gasteiger partial charge >= 0.3 is 7.12 Å². The Labute approximate surface area is 107 Å². The molecule has 92 valence electrons. The van der Waals surface area contributed by atoms with Crippen molar-refractivity contribution in [2.75, 3.05) is 5.73 Å². The van der Waals surface area contributed by atoms with Crippen LogP contribution in [0.25, 0.3) is 0 Å². The van der Waals surface area contributed by atoms with E-state index in [1.807, 2.05) is 27.7 Å². The first-order valence-corrected chi connectivity index (χ1v) is 5.88. The van der Waals surface area contributed by atoms with E-state index in [4.69, 9.17) is 26.6 Å². The molecule has 2 rings (SSSR count). The number of nitrogen functional groups attached to an aromatic ring is 1. The Kier molecular flexibility index (Phi) is 2.88. The Balaban J connectivity index is 2.32. The molecular formula is C11H16BClN2O2. The predicted molar refractivity (Wildman–Crippen MR) is 69.4 cm³/mol. The fourth-order valence-electron chi connectivity index (χ4n) is 1.62. The quantitative estimate of drug-likeness (QED) is 0.774. The molecule has 1 aliphatic heterocycles. The van der Waals surface area contributed by atoms with Crippen LogP contribution in [0.5, 0.6) is 0 Å². The van der Waals surface area contributed by atoms with Gasteiger partial charge in [-0.25, -0.2) is 4.98 Å². The highest BCUT2D eigenvalue weighted by molar-refractivity contribution is 6.61. The van der Waals surface area contributed by atoms with Gasteiger partial charge in [0.05, 0.1) is 16.8 Å². The molecule has 1 aromatic heterocycles. The molecule has 17 heavy (non-hydrogen) atoms. The Hall–Kier alpha value is -0.775. The number of nitrogens with two attached hydrogens (primary N) is 1. The van der Waals surface area contributed by atoms with Crippen LogP contribution in [0.1, 0.15) is 27.7 Å². The van der Waals surface area contributed by atoms with E-state index in [1.54, 1.807) is 12.1 Å². The lowest BCUT2D eigenvalue weighted by molar-refractivity contribution is 0.00578.